The van der Waals surface area contributed by atoms with Gasteiger partial charge in [-0.15, -0.1) is 0 Å². The van der Waals surface area contributed by atoms with Crippen LogP contribution in [-0.2, 0) is 10.3 Å². The molecule has 5 heteroatoms. The predicted octanol–water partition coefficient (Wildman–Crippen LogP) is 3.87. The number of hydrogen-bond donors (Lipinski definition) is 1. The summed E-state index contributed by atoms with van der Waals surface area (Å²) in [7, 11) is 0. The molecule has 0 saturated heterocycles. The molecule has 0 bridgehead atoms. The van der Waals surface area contributed by atoms with Gasteiger partial charge in [-0.3, -0.25) is 0 Å². The molecule has 0 fully saturated rings. The normalized spacial score (nSPS) is 14.2. The molecule has 1 atom stereocenters. The molecule has 0 aliphatic rings. The average molecular weight is 377 g/mol. The van der Waals surface area contributed by atoms with Crippen molar-refractivity contribution in [1.29, 1.82) is 0 Å². The molecular weight excluding hydrogens is 353 g/mol. The van der Waals surface area contributed by atoms with Gasteiger partial charge < -0.3 is 10.1 Å². The minimum atomic E-state index is -0.410. The lowest BCUT2D eigenvalue weighted by atomic mass is 10.0. The van der Waals surface area contributed by atoms with Crippen molar-refractivity contribution in [1.82, 2.24) is 9.97 Å². The zero-order valence-electron chi connectivity index (χ0n) is 12.5. The van der Waals surface area contributed by atoms with Gasteiger partial charge in [0.25, 0.3) is 0 Å². The molecule has 1 rings (SSSR count). The standard InChI is InChI=1S/C14H24IN3O/c1-6-9-16-12-11(15)10(4)17-13(18-12)14(5,7-2)19-8-3/h6-9H2,1-5H3,(H,16,17,18). The molecule has 0 saturated carbocycles. The predicted molar refractivity (Wildman–Crippen MR) is 87.5 cm³/mol. The summed E-state index contributed by atoms with van der Waals surface area (Å²) in [5.41, 5.74) is 0.593. The first kappa shape index (κ1) is 16.6. The molecule has 0 aliphatic heterocycles. The first-order chi connectivity index (χ1) is 8.98. The third kappa shape index (κ3) is 4.02. The van der Waals surface area contributed by atoms with E-state index in [2.05, 4.69) is 58.6 Å². The van der Waals surface area contributed by atoms with Crippen LogP contribution < -0.4 is 5.32 Å². The fourth-order valence-electron chi connectivity index (χ4n) is 1.80. The fourth-order valence-corrected chi connectivity index (χ4v) is 2.23. The van der Waals surface area contributed by atoms with Gasteiger partial charge in [0, 0.05) is 13.2 Å². The number of rotatable bonds is 7. The maximum atomic E-state index is 5.86. The van der Waals surface area contributed by atoms with Gasteiger partial charge in [-0.25, -0.2) is 9.97 Å². The van der Waals surface area contributed by atoms with Crippen LogP contribution in [-0.4, -0.2) is 23.1 Å². The number of aromatic nitrogens is 2. The van der Waals surface area contributed by atoms with Gasteiger partial charge in [0.05, 0.1) is 9.26 Å². The van der Waals surface area contributed by atoms with Crippen LogP contribution in [0.2, 0.25) is 0 Å². The molecule has 108 valence electrons. The van der Waals surface area contributed by atoms with Gasteiger partial charge in [-0.1, -0.05) is 13.8 Å². The SMILES string of the molecule is CCCNc1nc(C(C)(CC)OCC)nc(C)c1I. The highest BCUT2D eigenvalue weighted by Crippen LogP contribution is 2.29. The van der Waals surface area contributed by atoms with Gasteiger partial charge in [0.2, 0.25) is 0 Å². The Hall–Kier alpha value is -0.430. The molecule has 0 aromatic carbocycles. The van der Waals surface area contributed by atoms with E-state index in [1.165, 1.54) is 0 Å². The van der Waals surface area contributed by atoms with E-state index in [0.717, 1.165) is 40.3 Å². The first-order valence-corrected chi connectivity index (χ1v) is 7.98. The highest BCUT2D eigenvalue weighted by atomic mass is 127. The molecule has 1 N–H and O–H groups in total. The van der Waals surface area contributed by atoms with Crippen LogP contribution in [0, 0.1) is 10.5 Å². The van der Waals surface area contributed by atoms with Crippen LogP contribution in [0.15, 0.2) is 0 Å². The van der Waals surface area contributed by atoms with E-state index in [9.17, 15) is 0 Å². The van der Waals surface area contributed by atoms with Crippen molar-refractivity contribution in [2.24, 2.45) is 0 Å². The van der Waals surface area contributed by atoms with E-state index in [-0.39, 0.29) is 0 Å². The van der Waals surface area contributed by atoms with Gasteiger partial charge in [-0.2, -0.15) is 0 Å². The van der Waals surface area contributed by atoms with Crippen LogP contribution in [0.3, 0.4) is 0 Å². The summed E-state index contributed by atoms with van der Waals surface area (Å²) < 4.78 is 6.95. The van der Waals surface area contributed by atoms with Gasteiger partial charge >= 0.3 is 0 Å². The molecule has 1 aromatic heterocycles. The summed E-state index contributed by atoms with van der Waals surface area (Å²) in [6, 6.07) is 0. The van der Waals surface area contributed by atoms with E-state index < -0.39 is 5.60 Å². The summed E-state index contributed by atoms with van der Waals surface area (Å²) in [4.78, 5) is 9.30. The van der Waals surface area contributed by atoms with E-state index in [1.54, 1.807) is 0 Å². The lowest BCUT2D eigenvalue weighted by molar-refractivity contribution is -0.0390. The fraction of sp³-hybridized carbons (Fsp3) is 0.714. The number of halogens is 1. The van der Waals surface area contributed by atoms with Crippen molar-refractivity contribution in [2.45, 2.75) is 53.1 Å². The van der Waals surface area contributed by atoms with Gasteiger partial charge in [0.15, 0.2) is 5.82 Å². The Bertz CT molecular complexity index is 425. The zero-order valence-corrected chi connectivity index (χ0v) is 14.7. The number of ether oxygens (including phenoxy) is 1. The van der Waals surface area contributed by atoms with Crippen LogP contribution in [0.1, 0.15) is 52.1 Å². The second-order valence-corrected chi connectivity index (χ2v) is 5.82. The summed E-state index contributed by atoms with van der Waals surface area (Å²) in [5.74, 6) is 1.69. The van der Waals surface area contributed by atoms with Crippen LogP contribution >= 0.6 is 22.6 Å². The quantitative estimate of drug-likeness (QED) is 0.733. The van der Waals surface area contributed by atoms with Crippen molar-refractivity contribution < 1.29 is 4.74 Å². The minimum Gasteiger partial charge on any atom is -0.369 e. The molecule has 0 aliphatic carbocycles. The molecule has 4 nitrogen and oxygen atoms in total. The second kappa shape index (κ2) is 7.38. The number of nitrogens with one attached hydrogen (secondary N) is 1. The Labute approximate surface area is 129 Å². The van der Waals surface area contributed by atoms with Crippen molar-refractivity contribution in [3.8, 4) is 0 Å². The smallest absolute Gasteiger partial charge is 0.162 e. The number of aryl methyl sites for hydroxylation is 1. The van der Waals surface area contributed by atoms with E-state index in [4.69, 9.17) is 4.74 Å². The maximum Gasteiger partial charge on any atom is 0.162 e. The number of hydrogen-bond acceptors (Lipinski definition) is 4. The van der Waals surface area contributed by atoms with Crippen molar-refractivity contribution in [2.75, 3.05) is 18.5 Å². The van der Waals surface area contributed by atoms with Gasteiger partial charge in [-0.05, 0) is 56.2 Å². The summed E-state index contributed by atoms with van der Waals surface area (Å²) in [6.45, 7) is 11.9. The number of nitrogens with zero attached hydrogens (tertiary/aromatic N) is 2. The Morgan fingerprint density at radius 1 is 1.26 bits per heavy atom. The van der Waals surface area contributed by atoms with E-state index in [1.807, 2.05) is 13.8 Å². The third-order valence-corrected chi connectivity index (χ3v) is 4.46. The minimum absolute atomic E-state index is 0.410. The third-order valence-electron chi connectivity index (χ3n) is 3.17. The summed E-state index contributed by atoms with van der Waals surface area (Å²) in [6.07, 6.45) is 1.93. The molecule has 0 radical (unpaired) electrons. The molecule has 0 spiro atoms. The second-order valence-electron chi connectivity index (χ2n) is 4.74. The van der Waals surface area contributed by atoms with E-state index in [0.29, 0.717) is 6.61 Å². The average Bonchev–Trinajstić information content (AvgIpc) is 2.40. The highest BCUT2D eigenvalue weighted by molar-refractivity contribution is 14.1. The Balaban J connectivity index is 3.17. The van der Waals surface area contributed by atoms with Crippen molar-refractivity contribution in [3.05, 3.63) is 15.1 Å². The lowest BCUT2D eigenvalue weighted by Gasteiger charge is -2.27. The topological polar surface area (TPSA) is 47.0 Å². The molecule has 1 aromatic rings. The zero-order chi connectivity index (χ0) is 14.5. The van der Waals surface area contributed by atoms with Crippen LogP contribution in [0.5, 0.6) is 0 Å². The molecule has 19 heavy (non-hydrogen) atoms. The Kier molecular flexibility index (Phi) is 6.46. The van der Waals surface area contributed by atoms with Gasteiger partial charge in [0.1, 0.15) is 11.4 Å². The van der Waals surface area contributed by atoms with E-state index >= 15 is 0 Å². The van der Waals surface area contributed by atoms with Crippen LogP contribution in [0.25, 0.3) is 0 Å². The summed E-state index contributed by atoms with van der Waals surface area (Å²) >= 11 is 2.29. The number of anilines is 1. The Morgan fingerprint density at radius 2 is 1.95 bits per heavy atom. The molecule has 1 heterocycles. The highest BCUT2D eigenvalue weighted by Gasteiger charge is 2.29. The lowest BCUT2D eigenvalue weighted by Crippen LogP contribution is -2.29. The first-order valence-electron chi connectivity index (χ1n) is 6.90. The maximum absolute atomic E-state index is 5.86. The molecule has 0 amide bonds. The van der Waals surface area contributed by atoms with Crippen LogP contribution in [0.4, 0.5) is 5.82 Å². The van der Waals surface area contributed by atoms with Crippen molar-refractivity contribution >= 4 is 28.4 Å². The monoisotopic (exact) mass is 377 g/mol. The van der Waals surface area contributed by atoms with Crippen molar-refractivity contribution in [3.63, 3.8) is 0 Å². The Morgan fingerprint density at radius 3 is 2.47 bits per heavy atom. The largest absolute Gasteiger partial charge is 0.369 e. The summed E-state index contributed by atoms with van der Waals surface area (Å²) in [5, 5.41) is 3.37. The molecular formula is C14H24IN3O. The molecule has 1 unspecified atom stereocenters.